The van der Waals surface area contributed by atoms with E-state index in [-0.39, 0.29) is 17.1 Å². The van der Waals surface area contributed by atoms with Gasteiger partial charge in [0.05, 0.1) is 6.04 Å². The van der Waals surface area contributed by atoms with E-state index in [2.05, 4.69) is 11.9 Å². The molecule has 0 aliphatic carbocycles. The van der Waals surface area contributed by atoms with Gasteiger partial charge >= 0.3 is 0 Å². The van der Waals surface area contributed by atoms with Crippen LogP contribution in [0.4, 0.5) is 0 Å². The lowest BCUT2D eigenvalue weighted by atomic mass is 10.2. The van der Waals surface area contributed by atoms with Gasteiger partial charge < -0.3 is 5.32 Å². The molecular weight excluding hydrogens is 162 g/mol. The second kappa shape index (κ2) is 3.57. The topological polar surface area (TPSA) is 46.2 Å². The van der Waals surface area contributed by atoms with Gasteiger partial charge in [0.1, 0.15) is 0 Å². The number of thioether (sulfide) groups is 1. The van der Waals surface area contributed by atoms with Crippen molar-refractivity contribution in [3.63, 3.8) is 0 Å². The highest BCUT2D eigenvalue weighted by molar-refractivity contribution is 8.14. The van der Waals surface area contributed by atoms with Gasteiger partial charge in [-0.25, -0.2) is 0 Å². The van der Waals surface area contributed by atoms with Crippen molar-refractivity contribution in [1.82, 2.24) is 5.32 Å². The minimum Gasteiger partial charge on any atom is -0.342 e. The van der Waals surface area contributed by atoms with Gasteiger partial charge in [-0.2, -0.15) is 0 Å². The number of hydrogen-bond acceptors (Lipinski definition) is 3. The summed E-state index contributed by atoms with van der Waals surface area (Å²) in [6.07, 6.45) is 1.92. The fourth-order valence-electron chi connectivity index (χ4n) is 0.858. The molecule has 1 aliphatic rings. The van der Waals surface area contributed by atoms with Crippen LogP contribution in [-0.2, 0) is 9.59 Å². The Morgan fingerprint density at radius 2 is 2.55 bits per heavy atom. The summed E-state index contributed by atoms with van der Waals surface area (Å²) in [6, 6.07) is -0.287. The predicted molar refractivity (Wildman–Crippen MR) is 44.2 cm³/mol. The molecule has 60 valence electrons. The fraction of sp³-hybridized carbons (Fsp3) is 0.429. The van der Waals surface area contributed by atoms with Crippen molar-refractivity contribution >= 4 is 22.8 Å². The summed E-state index contributed by atoms with van der Waals surface area (Å²) in [5.41, 5.74) is 0. The first-order valence-corrected chi connectivity index (χ1v) is 4.32. The van der Waals surface area contributed by atoms with Crippen LogP contribution in [0.25, 0.3) is 0 Å². The van der Waals surface area contributed by atoms with Gasteiger partial charge in [-0.1, -0.05) is 18.3 Å². The van der Waals surface area contributed by atoms with Crippen LogP contribution in [-0.4, -0.2) is 22.8 Å². The van der Waals surface area contributed by atoms with Gasteiger partial charge in [0, 0.05) is 5.75 Å². The monoisotopic (exact) mass is 171 g/mol. The Morgan fingerprint density at radius 1 is 1.82 bits per heavy atom. The van der Waals surface area contributed by atoms with Crippen molar-refractivity contribution in [3.8, 4) is 0 Å². The van der Waals surface area contributed by atoms with Crippen LogP contribution in [0.1, 0.15) is 6.42 Å². The van der Waals surface area contributed by atoms with Crippen LogP contribution in [0.15, 0.2) is 12.7 Å². The van der Waals surface area contributed by atoms with Crippen molar-refractivity contribution in [3.05, 3.63) is 12.7 Å². The van der Waals surface area contributed by atoms with Crippen LogP contribution in [0.5, 0.6) is 0 Å². The maximum atomic E-state index is 10.9. The number of amides is 1. The van der Waals surface area contributed by atoms with Crippen molar-refractivity contribution in [2.75, 3.05) is 5.75 Å². The summed E-state index contributed by atoms with van der Waals surface area (Å²) in [4.78, 5) is 21.7. The average molecular weight is 171 g/mol. The minimum absolute atomic E-state index is 0.0557. The van der Waals surface area contributed by atoms with E-state index < -0.39 is 0 Å². The molecule has 3 nitrogen and oxygen atoms in total. The zero-order chi connectivity index (χ0) is 8.27. The molecule has 0 bridgehead atoms. The van der Waals surface area contributed by atoms with E-state index in [4.69, 9.17) is 0 Å². The molecular formula is C7H9NO2S. The molecule has 0 radical (unpaired) electrons. The number of hydrogen-bond donors (Lipinski definition) is 1. The van der Waals surface area contributed by atoms with E-state index >= 15 is 0 Å². The molecule has 11 heavy (non-hydrogen) atoms. The normalized spacial score (nSPS) is 23.3. The van der Waals surface area contributed by atoms with Crippen LogP contribution < -0.4 is 5.32 Å². The van der Waals surface area contributed by atoms with Crippen molar-refractivity contribution in [2.24, 2.45) is 0 Å². The quantitative estimate of drug-likeness (QED) is 0.609. The highest BCUT2D eigenvalue weighted by atomic mass is 32.2. The number of nitrogens with one attached hydrogen (secondary N) is 1. The zero-order valence-corrected chi connectivity index (χ0v) is 6.82. The highest BCUT2D eigenvalue weighted by Crippen LogP contribution is 2.19. The summed E-state index contributed by atoms with van der Waals surface area (Å²) in [5, 5.41) is 2.61. The molecule has 1 aliphatic heterocycles. The van der Waals surface area contributed by atoms with Crippen molar-refractivity contribution < 1.29 is 9.59 Å². The number of rotatable bonds is 2. The van der Waals surface area contributed by atoms with Crippen LogP contribution >= 0.6 is 11.8 Å². The molecule has 0 aromatic rings. The Bertz CT molecular complexity index is 203. The molecule has 0 aromatic heterocycles. The van der Waals surface area contributed by atoms with Crippen LogP contribution in [0.3, 0.4) is 0 Å². The summed E-state index contributed by atoms with van der Waals surface area (Å²) in [5.74, 6) is 0.534. The second-order valence-electron chi connectivity index (χ2n) is 2.22. The Morgan fingerprint density at radius 3 is 3.00 bits per heavy atom. The van der Waals surface area contributed by atoms with Gasteiger partial charge in [0.15, 0.2) is 0 Å². The lowest BCUT2D eigenvalue weighted by Crippen LogP contribution is -2.35. The molecule has 1 atom stereocenters. The first-order valence-electron chi connectivity index (χ1n) is 3.33. The molecule has 1 heterocycles. The van der Waals surface area contributed by atoms with E-state index in [1.807, 2.05) is 0 Å². The highest BCUT2D eigenvalue weighted by Gasteiger charge is 2.25. The number of carbonyl (C=O) groups is 2. The maximum absolute atomic E-state index is 10.9. The maximum Gasteiger partial charge on any atom is 0.243 e. The third-order valence-electron chi connectivity index (χ3n) is 1.44. The third-order valence-corrected chi connectivity index (χ3v) is 2.45. The smallest absolute Gasteiger partial charge is 0.243 e. The molecule has 1 amide bonds. The Hall–Kier alpha value is -0.770. The summed E-state index contributed by atoms with van der Waals surface area (Å²) in [7, 11) is 0. The van der Waals surface area contributed by atoms with E-state index in [1.54, 1.807) is 0 Å². The van der Waals surface area contributed by atoms with E-state index in [0.29, 0.717) is 0 Å². The summed E-state index contributed by atoms with van der Waals surface area (Å²) >= 11 is 1.27. The van der Waals surface area contributed by atoms with Crippen molar-refractivity contribution in [1.29, 1.82) is 0 Å². The lowest BCUT2D eigenvalue weighted by molar-refractivity contribution is -0.120. The standard InChI is InChI=1S/C7H9NO2S/c1-2-6(9)8-5-3-4-11-7(5)10/h2,5H,1,3-4H2,(H,8,9)/t5-/m0/s1. The third kappa shape index (κ3) is 2.08. The molecule has 1 saturated heterocycles. The van der Waals surface area contributed by atoms with Crippen LogP contribution in [0, 0.1) is 0 Å². The molecule has 0 aromatic carbocycles. The van der Waals surface area contributed by atoms with Gasteiger partial charge in [-0.05, 0) is 12.5 Å². The molecule has 0 spiro atoms. The van der Waals surface area contributed by atoms with Gasteiger partial charge in [-0.15, -0.1) is 0 Å². The number of carbonyl (C=O) groups excluding carboxylic acids is 2. The minimum atomic E-state index is -0.287. The summed E-state index contributed by atoms with van der Waals surface area (Å²) < 4.78 is 0. The van der Waals surface area contributed by atoms with E-state index in [1.165, 1.54) is 17.8 Å². The fourth-order valence-corrected chi connectivity index (χ4v) is 1.79. The molecule has 1 fully saturated rings. The summed E-state index contributed by atoms with van der Waals surface area (Å²) in [6.45, 7) is 3.30. The SMILES string of the molecule is C=CC(=O)N[C@H]1CCSC1=O. The Balaban J connectivity index is 2.42. The second-order valence-corrected chi connectivity index (χ2v) is 3.32. The lowest BCUT2D eigenvalue weighted by Gasteiger charge is -2.06. The molecule has 1 rings (SSSR count). The molecule has 4 heteroatoms. The van der Waals surface area contributed by atoms with Crippen molar-refractivity contribution in [2.45, 2.75) is 12.5 Å². The largest absolute Gasteiger partial charge is 0.342 e. The first-order chi connectivity index (χ1) is 5.24. The van der Waals surface area contributed by atoms with Gasteiger partial charge in [0.2, 0.25) is 11.0 Å². The molecule has 0 saturated carbocycles. The Labute approximate surface area is 69.2 Å². The van der Waals surface area contributed by atoms with Gasteiger partial charge in [-0.3, -0.25) is 9.59 Å². The average Bonchev–Trinajstić information content (AvgIpc) is 2.37. The predicted octanol–water partition coefficient (Wildman–Crippen LogP) is 0.321. The van der Waals surface area contributed by atoms with E-state index in [0.717, 1.165) is 12.2 Å². The molecule has 0 unspecified atom stereocenters. The Kier molecular flexibility index (Phi) is 2.70. The van der Waals surface area contributed by atoms with Crippen LogP contribution in [0.2, 0.25) is 0 Å². The molecule has 1 N–H and O–H groups in total. The zero-order valence-electron chi connectivity index (χ0n) is 6.00. The van der Waals surface area contributed by atoms with Gasteiger partial charge in [0.25, 0.3) is 0 Å². The van der Waals surface area contributed by atoms with E-state index in [9.17, 15) is 9.59 Å². The first kappa shape index (κ1) is 8.33.